The predicted molar refractivity (Wildman–Crippen MR) is 118 cm³/mol. The summed E-state index contributed by atoms with van der Waals surface area (Å²) < 4.78 is 1.86. The van der Waals surface area contributed by atoms with E-state index in [2.05, 4.69) is 17.1 Å². The van der Waals surface area contributed by atoms with Gasteiger partial charge in [-0.1, -0.05) is 61.2 Å². The first-order valence-corrected chi connectivity index (χ1v) is 10.6. The molecule has 0 radical (unpaired) electrons. The van der Waals surface area contributed by atoms with E-state index in [1.807, 2.05) is 28.8 Å². The number of fused-ring (bicyclic) bond motifs is 3. The maximum atomic E-state index is 13.4. The average molecular weight is 404 g/mol. The number of benzene rings is 2. The Morgan fingerprint density at radius 2 is 1.76 bits per heavy atom. The molecule has 2 heterocycles. The molecule has 146 valence electrons. The molecule has 0 N–H and O–H groups in total. The van der Waals surface area contributed by atoms with Crippen molar-refractivity contribution in [1.82, 2.24) is 14.5 Å². The number of rotatable bonds is 3. The van der Waals surface area contributed by atoms with Crippen LogP contribution >= 0.6 is 11.6 Å². The van der Waals surface area contributed by atoms with Gasteiger partial charge in [0.25, 0.3) is 5.56 Å². The van der Waals surface area contributed by atoms with Gasteiger partial charge in [-0.3, -0.25) is 9.36 Å². The molecule has 1 saturated carbocycles. The maximum Gasteiger partial charge on any atom is 0.261 e. The highest BCUT2D eigenvalue weighted by molar-refractivity contribution is 6.29. The van der Waals surface area contributed by atoms with Crippen molar-refractivity contribution in [2.75, 3.05) is 0 Å². The van der Waals surface area contributed by atoms with E-state index in [9.17, 15) is 4.79 Å². The van der Waals surface area contributed by atoms with Crippen molar-refractivity contribution in [2.45, 2.75) is 44.6 Å². The fraction of sp³-hybridized carbons (Fsp3) is 0.292. The Labute approximate surface area is 174 Å². The maximum absolute atomic E-state index is 13.4. The first-order chi connectivity index (χ1) is 14.2. The zero-order valence-corrected chi connectivity index (χ0v) is 16.9. The largest absolute Gasteiger partial charge is 0.296 e. The molecule has 0 atom stereocenters. The molecule has 2 aromatic heterocycles. The lowest BCUT2D eigenvalue weighted by Crippen LogP contribution is -2.26. The fourth-order valence-electron chi connectivity index (χ4n) is 4.55. The zero-order chi connectivity index (χ0) is 19.8. The number of nitrogens with zero attached hydrogens (tertiary/aromatic N) is 3. The Morgan fingerprint density at radius 1 is 0.966 bits per heavy atom. The number of hydrogen-bond acceptors (Lipinski definition) is 3. The molecule has 4 aromatic rings. The minimum Gasteiger partial charge on any atom is -0.296 e. The van der Waals surface area contributed by atoms with Crippen LogP contribution in [0.1, 0.15) is 49.3 Å². The average Bonchev–Trinajstić information content (AvgIpc) is 2.77. The summed E-state index contributed by atoms with van der Waals surface area (Å²) in [7, 11) is 0. The second kappa shape index (κ2) is 7.60. The molecule has 1 aliphatic rings. The van der Waals surface area contributed by atoms with E-state index in [4.69, 9.17) is 16.6 Å². The van der Waals surface area contributed by atoms with Gasteiger partial charge in [0.15, 0.2) is 0 Å². The summed E-state index contributed by atoms with van der Waals surface area (Å²) in [4.78, 5) is 22.3. The van der Waals surface area contributed by atoms with Crippen LogP contribution in [0.4, 0.5) is 0 Å². The van der Waals surface area contributed by atoms with Gasteiger partial charge >= 0.3 is 0 Å². The summed E-state index contributed by atoms with van der Waals surface area (Å²) in [6.07, 6.45) is 9.99. The van der Waals surface area contributed by atoms with Gasteiger partial charge in [0.2, 0.25) is 0 Å². The molecular weight excluding hydrogens is 382 g/mol. The van der Waals surface area contributed by atoms with Gasteiger partial charge in [-0.15, -0.1) is 0 Å². The van der Waals surface area contributed by atoms with Gasteiger partial charge in [-0.25, -0.2) is 9.97 Å². The Hall–Kier alpha value is -2.72. The summed E-state index contributed by atoms with van der Waals surface area (Å²) in [5.41, 5.74) is 3.03. The summed E-state index contributed by atoms with van der Waals surface area (Å²) in [6, 6.07) is 14.3. The third-order valence-corrected chi connectivity index (χ3v) is 6.25. The van der Waals surface area contributed by atoms with Crippen LogP contribution < -0.4 is 5.56 Å². The van der Waals surface area contributed by atoms with Gasteiger partial charge in [0.05, 0.1) is 17.2 Å². The van der Waals surface area contributed by atoms with Crippen molar-refractivity contribution in [1.29, 1.82) is 0 Å². The fourth-order valence-corrected chi connectivity index (χ4v) is 4.66. The van der Waals surface area contributed by atoms with Gasteiger partial charge < -0.3 is 0 Å². The quantitative estimate of drug-likeness (QED) is 0.326. The summed E-state index contributed by atoms with van der Waals surface area (Å²) in [5.74, 6) is 0. The van der Waals surface area contributed by atoms with Crippen LogP contribution in [0.2, 0.25) is 5.15 Å². The highest BCUT2D eigenvalue weighted by Crippen LogP contribution is 2.30. The lowest BCUT2D eigenvalue weighted by Gasteiger charge is -2.24. The zero-order valence-electron chi connectivity index (χ0n) is 16.1. The number of pyridine rings is 1. The molecule has 4 nitrogen and oxygen atoms in total. The first kappa shape index (κ1) is 18.3. The minimum atomic E-state index is 0.0723. The Kier molecular flexibility index (Phi) is 4.80. The molecule has 1 aliphatic carbocycles. The summed E-state index contributed by atoms with van der Waals surface area (Å²) in [5, 5.41) is 3.33. The molecule has 5 rings (SSSR count). The van der Waals surface area contributed by atoms with E-state index in [0.29, 0.717) is 17.0 Å². The monoisotopic (exact) mass is 403 g/mol. The van der Waals surface area contributed by atoms with Crippen LogP contribution in [0, 0.1) is 0 Å². The molecule has 0 bridgehead atoms. The Balaban J connectivity index is 1.69. The molecule has 2 aromatic carbocycles. The number of hydrogen-bond donors (Lipinski definition) is 0. The van der Waals surface area contributed by atoms with Crippen molar-refractivity contribution >= 4 is 33.3 Å². The molecule has 0 aliphatic heterocycles. The first-order valence-electron chi connectivity index (χ1n) is 10.2. The lowest BCUT2D eigenvalue weighted by atomic mass is 9.94. The van der Waals surface area contributed by atoms with Crippen LogP contribution in [0.25, 0.3) is 21.7 Å². The van der Waals surface area contributed by atoms with Crippen LogP contribution in [-0.2, 0) is 6.42 Å². The second-order valence-electron chi connectivity index (χ2n) is 7.89. The van der Waals surface area contributed by atoms with E-state index in [1.54, 1.807) is 18.6 Å². The van der Waals surface area contributed by atoms with Crippen LogP contribution in [0.15, 0.2) is 59.8 Å². The van der Waals surface area contributed by atoms with E-state index < -0.39 is 0 Å². The molecule has 0 unspecified atom stereocenters. The van der Waals surface area contributed by atoms with E-state index in [0.717, 1.165) is 40.3 Å². The van der Waals surface area contributed by atoms with Gasteiger partial charge in [0.1, 0.15) is 5.15 Å². The van der Waals surface area contributed by atoms with Gasteiger partial charge in [-0.2, -0.15) is 0 Å². The number of halogens is 1. The van der Waals surface area contributed by atoms with Crippen LogP contribution in [0.5, 0.6) is 0 Å². The van der Waals surface area contributed by atoms with Crippen molar-refractivity contribution in [2.24, 2.45) is 0 Å². The lowest BCUT2D eigenvalue weighted by molar-refractivity contribution is 0.345. The molecule has 0 saturated heterocycles. The SMILES string of the molecule is O=c1c2cc(Cc3ccc(Cl)nc3)c3ccccc3c2ncn1C1CCCCC1. The Bertz CT molecular complexity index is 1240. The predicted octanol–water partition coefficient (Wildman–Crippen LogP) is 5.69. The topological polar surface area (TPSA) is 47.8 Å². The molecule has 1 fully saturated rings. The number of aromatic nitrogens is 3. The third kappa shape index (κ3) is 3.42. The van der Waals surface area contributed by atoms with Gasteiger partial charge in [0, 0.05) is 17.6 Å². The minimum absolute atomic E-state index is 0.0723. The molecule has 0 spiro atoms. The molecular formula is C24H22ClN3O. The second-order valence-corrected chi connectivity index (χ2v) is 8.28. The normalized spacial score (nSPS) is 15.2. The highest BCUT2D eigenvalue weighted by atomic mass is 35.5. The highest BCUT2D eigenvalue weighted by Gasteiger charge is 2.19. The summed E-state index contributed by atoms with van der Waals surface area (Å²) in [6.45, 7) is 0. The van der Waals surface area contributed by atoms with Crippen molar-refractivity contribution in [3.8, 4) is 0 Å². The molecule has 0 amide bonds. The molecule has 5 heteroatoms. The molecule has 29 heavy (non-hydrogen) atoms. The van der Waals surface area contributed by atoms with Crippen molar-refractivity contribution in [3.05, 3.63) is 81.6 Å². The van der Waals surface area contributed by atoms with E-state index >= 15 is 0 Å². The van der Waals surface area contributed by atoms with Crippen molar-refractivity contribution in [3.63, 3.8) is 0 Å². The standard InChI is InChI=1S/C24H22ClN3O/c25-22-11-10-16(14-26-22)12-17-13-21-23(20-9-5-4-8-19(17)20)27-15-28(24(21)29)18-6-2-1-3-7-18/h4-5,8-11,13-15,18H,1-3,6-7,12H2. The third-order valence-electron chi connectivity index (χ3n) is 6.03. The van der Waals surface area contributed by atoms with Gasteiger partial charge in [-0.05, 0) is 47.9 Å². The van der Waals surface area contributed by atoms with Crippen molar-refractivity contribution < 1.29 is 0 Å². The Morgan fingerprint density at radius 3 is 2.52 bits per heavy atom. The van der Waals surface area contributed by atoms with E-state index in [-0.39, 0.29) is 11.6 Å². The van der Waals surface area contributed by atoms with Crippen LogP contribution in [0.3, 0.4) is 0 Å². The van der Waals surface area contributed by atoms with Crippen LogP contribution in [-0.4, -0.2) is 14.5 Å². The summed E-state index contributed by atoms with van der Waals surface area (Å²) >= 11 is 5.94. The van der Waals surface area contributed by atoms with E-state index in [1.165, 1.54) is 19.3 Å². The smallest absolute Gasteiger partial charge is 0.261 e.